The highest BCUT2D eigenvalue weighted by Crippen LogP contribution is 2.17. The van der Waals surface area contributed by atoms with E-state index in [-0.39, 0.29) is 12.5 Å². The zero-order valence-electron chi connectivity index (χ0n) is 14.1. The first-order valence-corrected chi connectivity index (χ1v) is 8.52. The number of hydrogen-bond donors (Lipinski definition) is 1. The number of anilines is 1. The summed E-state index contributed by atoms with van der Waals surface area (Å²) in [5.41, 5.74) is 2.38. The summed E-state index contributed by atoms with van der Waals surface area (Å²) in [7, 11) is 0. The minimum atomic E-state index is -0.588. The molecule has 0 aliphatic carbocycles. The number of carbonyl (C=O) groups is 1. The van der Waals surface area contributed by atoms with Crippen LogP contribution < -0.4 is 11.0 Å². The molecule has 1 aromatic heterocycles. The molecule has 0 radical (unpaired) electrons. The van der Waals surface area contributed by atoms with Crippen LogP contribution in [0.15, 0.2) is 59.5 Å². The summed E-state index contributed by atoms with van der Waals surface area (Å²) in [5, 5.41) is 7.40. The number of nitrogens with one attached hydrogen (secondary N) is 1. The van der Waals surface area contributed by atoms with E-state index in [1.54, 1.807) is 30.3 Å². The summed E-state index contributed by atoms with van der Waals surface area (Å²) >= 11 is 5.85. The molecule has 6 nitrogen and oxygen atoms in total. The Balaban J connectivity index is 1.72. The zero-order chi connectivity index (χ0) is 18.5. The van der Waals surface area contributed by atoms with E-state index in [0.717, 1.165) is 22.2 Å². The molecule has 0 spiro atoms. The van der Waals surface area contributed by atoms with Gasteiger partial charge in [-0.25, -0.2) is 9.48 Å². The summed E-state index contributed by atoms with van der Waals surface area (Å²) in [4.78, 5) is 28.3. The number of aromatic nitrogens is 3. The van der Waals surface area contributed by atoms with E-state index in [4.69, 9.17) is 11.6 Å². The second-order valence-corrected chi connectivity index (χ2v) is 6.13. The Hall–Kier alpha value is -2.99. The van der Waals surface area contributed by atoms with Crippen molar-refractivity contribution in [2.75, 3.05) is 5.32 Å². The van der Waals surface area contributed by atoms with Gasteiger partial charge in [0, 0.05) is 16.3 Å². The van der Waals surface area contributed by atoms with E-state index in [0.29, 0.717) is 16.4 Å². The van der Waals surface area contributed by atoms with Crippen molar-refractivity contribution < 1.29 is 4.79 Å². The highest BCUT2D eigenvalue weighted by atomic mass is 35.5. The molecule has 0 aliphatic rings. The van der Waals surface area contributed by atoms with Gasteiger partial charge in [-0.1, -0.05) is 42.8 Å². The predicted molar refractivity (Wildman–Crippen MR) is 101 cm³/mol. The molecular weight excluding hydrogens is 352 g/mol. The molecule has 1 heterocycles. The van der Waals surface area contributed by atoms with Crippen molar-refractivity contribution in [2.24, 2.45) is 0 Å². The summed E-state index contributed by atoms with van der Waals surface area (Å²) in [6, 6.07) is 14.5. The Morgan fingerprint density at radius 1 is 1.19 bits per heavy atom. The van der Waals surface area contributed by atoms with Crippen LogP contribution in [0.1, 0.15) is 12.5 Å². The Morgan fingerprint density at radius 2 is 1.96 bits per heavy atom. The van der Waals surface area contributed by atoms with Crippen LogP contribution in [0.2, 0.25) is 5.02 Å². The summed E-state index contributed by atoms with van der Waals surface area (Å²) in [6.45, 7) is 1.83. The summed E-state index contributed by atoms with van der Waals surface area (Å²) < 4.78 is 1.03. The Kier molecular flexibility index (Phi) is 5.43. The topological polar surface area (TPSA) is 76.9 Å². The lowest BCUT2D eigenvalue weighted by Crippen LogP contribution is -2.31. The molecule has 1 amide bonds. The number of hydrogen-bond acceptors (Lipinski definition) is 4. The Bertz CT molecular complexity index is 983. The maximum atomic E-state index is 12.2. The average molecular weight is 369 g/mol. The van der Waals surface area contributed by atoms with Gasteiger partial charge in [-0.2, -0.15) is 10.1 Å². The van der Waals surface area contributed by atoms with Crippen LogP contribution in [0.25, 0.3) is 11.3 Å². The fraction of sp³-hybridized carbons (Fsp3) is 0.158. The molecular formula is C19H17ClN4O2. The smallest absolute Gasteiger partial charge is 0.324 e. The van der Waals surface area contributed by atoms with Gasteiger partial charge < -0.3 is 5.32 Å². The molecule has 2 aromatic carbocycles. The number of nitrogens with zero attached hydrogens (tertiary/aromatic N) is 3. The van der Waals surface area contributed by atoms with Crippen LogP contribution in [-0.2, 0) is 17.8 Å². The monoisotopic (exact) mass is 368 g/mol. The van der Waals surface area contributed by atoms with E-state index >= 15 is 0 Å². The SMILES string of the molecule is CCc1cccc(NC(=O)Cn2ncc(-c3ccc(Cl)cc3)nc2=O)c1. The van der Waals surface area contributed by atoms with E-state index in [1.807, 2.05) is 25.1 Å². The molecule has 3 rings (SSSR count). The molecule has 0 atom stereocenters. The van der Waals surface area contributed by atoms with Crippen molar-refractivity contribution >= 4 is 23.2 Å². The quantitative estimate of drug-likeness (QED) is 0.750. The lowest BCUT2D eigenvalue weighted by molar-refractivity contribution is -0.117. The second kappa shape index (κ2) is 7.93. The minimum absolute atomic E-state index is 0.205. The molecule has 0 fully saturated rings. The normalized spacial score (nSPS) is 10.5. The van der Waals surface area contributed by atoms with Crippen LogP contribution in [0.5, 0.6) is 0 Å². The molecule has 0 saturated heterocycles. The van der Waals surface area contributed by atoms with Crippen LogP contribution in [0, 0.1) is 0 Å². The lowest BCUT2D eigenvalue weighted by atomic mass is 10.1. The van der Waals surface area contributed by atoms with Crippen LogP contribution >= 0.6 is 11.6 Å². The standard InChI is InChI=1S/C19H17ClN4O2/c1-2-13-4-3-5-16(10-13)22-18(25)12-24-19(26)23-17(11-21-24)14-6-8-15(20)9-7-14/h3-11H,2,12H2,1H3,(H,22,25). The van der Waals surface area contributed by atoms with E-state index in [9.17, 15) is 9.59 Å². The first kappa shape index (κ1) is 17.8. The van der Waals surface area contributed by atoms with Crippen molar-refractivity contribution in [1.29, 1.82) is 0 Å². The van der Waals surface area contributed by atoms with Gasteiger partial charge in [0.1, 0.15) is 6.54 Å². The number of amides is 1. The van der Waals surface area contributed by atoms with Gasteiger partial charge in [0.05, 0.1) is 11.9 Å². The van der Waals surface area contributed by atoms with Gasteiger partial charge in [-0.05, 0) is 36.2 Å². The third-order valence-corrected chi connectivity index (χ3v) is 4.06. The molecule has 132 valence electrons. The zero-order valence-corrected chi connectivity index (χ0v) is 14.9. The number of aryl methyl sites for hydroxylation is 1. The predicted octanol–water partition coefficient (Wildman–Crippen LogP) is 3.16. The van der Waals surface area contributed by atoms with Crippen molar-refractivity contribution in [3.05, 3.63) is 75.8 Å². The molecule has 0 saturated carbocycles. The van der Waals surface area contributed by atoms with Gasteiger partial charge in [0.25, 0.3) is 0 Å². The van der Waals surface area contributed by atoms with Crippen LogP contribution in [0.4, 0.5) is 5.69 Å². The Labute approximate surface area is 155 Å². The maximum Gasteiger partial charge on any atom is 0.365 e. The first-order chi connectivity index (χ1) is 12.5. The van der Waals surface area contributed by atoms with Gasteiger partial charge in [0.2, 0.25) is 5.91 Å². The van der Waals surface area contributed by atoms with Gasteiger partial charge in [-0.15, -0.1) is 0 Å². The lowest BCUT2D eigenvalue weighted by Gasteiger charge is -2.08. The van der Waals surface area contributed by atoms with Crippen molar-refractivity contribution in [1.82, 2.24) is 14.8 Å². The molecule has 0 bridgehead atoms. The number of carbonyl (C=O) groups excluding carboxylic acids is 1. The Morgan fingerprint density at radius 3 is 2.65 bits per heavy atom. The molecule has 0 aliphatic heterocycles. The maximum absolute atomic E-state index is 12.2. The van der Waals surface area contributed by atoms with Gasteiger partial charge >= 0.3 is 5.69 Å². The van der Waals surface area contributed by atoms with Crippen LogP contribution in [-0.4, -0.2) is 20.7 Å². The summed E-state index contributed by atoms with van der Waals surface area (Å²) in [6.07, 6.45) is 2.33. The first-order valence-electron chi connectivity index (χ1n) is 8.14. The van der Waals surface area contributed by atoms with E-state index in [2.05, 4.69) is 15.4 Å². The highest BCUT2D eigenvalue weighted by Gasteiger charge is 2.09. The number of benzene rings is 2. The number of rotatable bonds is 5. The molecule has 0 unspecified atom stereocenters. The average Bonchev–Trinajstić information content (AvgIpc) is 2.64. The van der Waals surface area contributed by atoms with Crippen LogP contribution in [0.3, 0.4) is 0 Å². The third kappa shape index (κ3) is 4.34. The molecule has 1 N–H and O–H groups in total. The van der Waals surface area contributed by atoms with E-state index in [1.165, 1.54) is 6.20 Å². The molecule has 7 heteroatoms. The second-order valence-electron chi connectivity index (χ2n) is 5.69. The molecule has 26 heavy (non-hydrogen) atoms. The van der Waals surface area contributed by atoms with Crippen molar-refractivity contribution in [2.45, 2.75) is 19.9 Å². The fourth-order valence-electron chi connectivity index (χ4n) is 2.44. The van der Waals surface area contributed by atoms with Crippen molar-refractivity contribution in [3.8, 4) is 11.3 Å². The molecule has 3 aromatic rings. The fourth-order valence-corrected chi connectivity index (χ4v) is 2.56. The number of halogens is 1. The van der Waals surface area contributed by atoms with Crippen molar-refractivity contribution in [3.63, 3.8) is 0 Å². The van der Waals surface area contributed by atoms with Gasteiger partial charge in [-0.3, -0.25) is 4.79 Å². The highest BCUT2D eigenvalue weighted by molar-refractivity contribution is 6.30. The largest absolute Gasteiger partial charge is 0.365 e. The third-order valence-electron chi connectivity index (χ3n) is 3.81. The van der Waals surface area contributed by atoms with Gasteiger partial charge in [0.15, 0.2) is 0 Å². The summed E-state index contributed by atoms with van der Waals surface area (Å²) in [5.74, 6) is -0.339. The van der Waals surface area contributed by atoms with E-state index < -0.39 is 5.69 Å². The minimum Gasteiger partial charge on any atom is -0.324 e.